The van der Waals surface area contributed by atoms with Crippen LogP contribution in [0.25, 0.3) is 20.4 Å². The fraction of sp³-hybridized carbons (Fsp3) is 0.118. The maximum Gasteiger partial charge on any atom is 0.286 e. The molecule has 4 rings (SSSR count). The van der Waals surface area contributed by atoms with Gasteiger partial charge in [0.1, 0.15) is 17.0 Å². The Hall–Kier alpha value is -2.71. The van der Waals surface area contributed by atoms with E-state index in [2.05, 4.69) is 15.3 Å². The molecule has 2 aromatic carbocycles. The third-order valence-electron chi connectivity index (χ3n) is 3.60. The highest BCUT2D eigenvalue weighted by Gasteiger charge is 2.16. The van der Waals surface area contributed by atoms with Crippen molar-refractivity contribution in [2.75, 3.05) is 19.5 Å². The van der Waals surface area contributed by atoms with E-state index < -0.39 is 0 Å². The first-order valence-corrected chi connectivity index (χ1v) is 9.00. The number of amides is 1. The van der Waals surface area contributed by atoms with Gasteiger partial charge in [-0.3, -0.25) is 10.1 Å². The van der Waals surface area contributed by atoms with Crippen LogP contribution in [-0.2, 0) is 0 Å². The Morgan fingerprint density at radius 1 is 1.04 bits per heavy atom. The van der Waals surface area contributed by atoms with Crippen LogP contribution in [0.3, 0.4) is 0 Å². The van der Waals surface area contributed by atoms with Crippen molar-refractivity contribution in [3.05, 3.63) is 41.4 Å². The van der Waals surface area contributed by atoms with Crippen molar-refractivity contribution in [1.29, 1.82) is 0 Å². The van der Waals surface area contributed by atoms with E-state index in [9.17, 15) is 4.79 Å². The van der Waals surface area contributed by atoms with E-state index >= 15 is 0 Å². The van der Waals surface area contributed by atoms with Gasteiger partial charge in [-0.05, 0) is 18.2 Å². The van der Waals surface area contributed by atoms with Crippen molar-refractivity contribution < 1.29 is 14.3 Å². The van der Waals surface area contributed by atoms with Crippen molar-refractivity contribution in [3.8, 4) is 11.5 Å². The van der Waals surface area contributed by atoms with E-state index in [1.165, 1.54) is 22.7 Å². The van der Waals surface area contributed by atoms with E-state index in [1.807, 2.05) is 30.3 Å². The molecule has 8 heteroatoms. The van der Waals surface area contributed by atoms with Gasteiger partial charge in [-0.25, -0.2) is 9.97 Å². The minimum Gasteiger partial charge on any atom is -0.497 e. The lowest BCUT2D eigenvalue weighted by molar-refractivity contribution is 0.102. The van der Waals surface area contributed by atoms with Crippen LogP contribution in [0.4, 0.5) is 5.13 Å². The Kier molecular flexibility index (Phi) is 3.98. The highest BCUT2D eigenvalue weighted by Crippen LogP contribution is 2.36. The predicted molar refractivity (Wildman–Crippen MR) is 100 cm³/mol. The van der Waals surface area contributed by atoms with Crippen molar-refractivity contribution in [3.63, 3.8) is 0 Å². The van der Waals surface area contributed by atoms with Crippen LogP contribution < -0.4 is 14.8 Å². The van der Waals surface area contributed by atoms with Gasteiger partial charge < -0.3 is 9.47 Å². The van der Waals surface area contributed by atoms with Crippen LogP contribution in [0.5, 0.6) is 11.5 Å². The molecule has 2 aromatic heterocycles. The summed E-state index contributed by atoms with van der Waals surface area (Å²) in [5, 5.41) is 3.72. The Labute approximate surface area is 151 Å². The average Bonchev–Trinajstić information content (AvgIpc) is 3.23. The molecule has 0 atom stereocenters. The summed E-state index contributed by atoms with van der Waals surface area (Å²) < 4.78 is 12.5. The lowest BCUT2D eigenvalue weighted by Crippen LogP contribution is -2.11. The smallest absolute Gasteiger partial charge is 0.286 e. The molecule has 0 aliphatic heterocycles. The average molecular weight is 371 g/mol. The number of hydrogen-bond acceptors (Lipinski definition) is 7. The minimum absolute atomic E-state index is 0.272. The van der Waals surface area contributed by atoms with Crippen LogP contribution in [0, 0.1) is 0 Å². The molecular formula is C17H13N3O3S2. The third kappa shape index (κ3) is 2.90. The van der Waals surface area contributed by atoms with Crippen LogP contribution in [0.2, 0.25) is 0 Å². The van der Waals surface area contributed by atoms with Gasteiger partial charge in [-0.1, -0.05) is 23.5 Å². The summed E-state index contributed by atoms with van der Waals surface area (Å²) in [7, 11) is 3.17. The van der Waals surface area contributed by atoms with Crippen LogP contribution in [0.15, 0.2) is 36.4 Å². The zero-order chi connectivity index (χ0) is 17.4. The zero-order valence-corrected chi connectivity index (χ0v) is 15.0. The van der Waals surface area contributed by atoms with Crippen molar-refractivity contribution in [1.82, 2.24) is 9.97 Å². The van der Waals surface area contributed by atoms with Gasteiger partial charge in [0.25, 0.3) is 5.91 Å². The molecule has 25 heavy (non-hydrogen) atoms. The van der Waals surface area contributed by atoms with E-state index in [0.717, 1.165) is 14.9 Å². The van der Waals surface area contributed by atoms with Gasteiger partial charge in [0.2, 0.25) is 0 Å². The van der Waals surface area contributed by atoms with E-state index in [0.29, 0.717) is 27.2 Å². The fourth-order valence-corrected chi connectivity index (χ4v) is 4.19. The SMILES string of the molecule is COc1cc(OC)c2nc(NC(=O)c3nc4ccccc4s3)sc2c1. The summed E-state index contributed by atoms with van der Waals surface area (Å²) in [6.45, 7) is 0. The second-order valence-corrected chi connectivity index (χ2v) is 7.20. The van der Waals surface area contributed by atoms with Gasteiger partial charge in [0.05, 0.1) is 29.1 Å². The number of methoxy groups -OCH3 is 2. The lowest BCUT2D eigenvalue weighted by Gasteiger charge is -2.03. The van der Waals surface area contributed by atoms with Gasteiger partial charge in [0, 0.05) is 6.07 Å². The molecule has 0 radical (unpaired) electrons. The van der Waals surface area contributed by atoms with Crippen LogP contribution >= 0.6 is 22.7 Å². The third-order valence-corrected chi connectivity index (χ3v) is 5.55. The Bertz CT molecular complexity index is 1050. The monoisotopic (exact) mass is 371 g/mol. The summed E-state index contributed by atoms with van der Waals surface area (Å²) in [5.74, 6) is 1.01. The number of carbonyl (C=O) groups is 1. The number of anilines is 1. The van der Waals surface area contributed by atoms with Gasteiger partial charge in [-0.15, -0.1) is 11.3 Å². The molecule has 0 aliphatic carbocycles. The first-order valence-electron chi connectivity index (χ1n) is 7.37. The minimum atomic E-state index is -0.272. The number of nitrogens with zero attached hydrogens (tertiary/aromatic N) is 2. The molecule has 0 unspecified atom stereocenters. The number of aromatic nitrogens is 2. The summed E-state index contributed by atoms with van der Waals surface area (Å²) in [5.41, 5.74) is 1.50. The van der Waals surface area contributed by atoms with Crippen LogP contribution in [0.1, 0.15) is 9.80 Å². The number of thiazole rings is 2. The maximum atomic E-state index is 12.5. The first-order chi connectivity index (χ1) is 12.2. The molecular weight excluding hydrogens is 358 g/mol. The fourth-order valence-electron chi connectivity index (χ4n) is 2.42. The van der Waals surface area contributed by atoms with Gasteiger partial charge in [0.15, 0.2) is 10.1 Å². The summed E-state index contributed by atoms with van der Waals surface area (Å²) in [6, 6.07) is 11.3. The molecule has 0 fully saturated rings. The molecule has 2 heterocycles. The standard InChI is InChI=1S/C17H13N3O3S2/c1-22-9-7-11(23-2)14-13(8-9)25-17(19-14)20-15(21)16-18-10-5-3-4-6-12(10)24-16/h3-8H,1-2H3,(H,19,20,21). The Morgan fingerprint density at radius 3 is 2.64 bits per heavy atom. The Balaban J connectivity index is 1.66. The van der Waals surface area contributed by atoms with E-state index in [1.54, 1.807) is 20.3 Å². The maximum absolute atomic E-state index is 12.5. The number of hydrogen-bond donors (Lipinski definition) is 1. The molecule has 4 aromatic rings. The number of carbonyl (C=O) groups excluding carboxylic acids is 1. The van der Waals surface area contributed by atoms with E-state index in [-0.39, 0.29) is 5.91 Å². The summed E-state index contributed by atoms with van der Waals surface area (Å²) in [4.78, 5) is 21.3. The molecule has 126 valence electrons. The first kappa shape index (κ1) is 15.8. The number of ether oxygens (including phenoxy) is 2. The highest BCUT2D eigenvalue weighted by molar-refractivity contribution is 7.23. The normalized spacial score (nSPS) is 11.0. The number of nitrogens with one attached hydrogen (secondary N) is 1. The number of para-hydroxylation sites is 1. The summed E-state index contributed by atoms with van der Waals surface area (Å²) in [6.07, 6.45) is 0. The van der Waals surface area contributed by atoms with Crippen molar-refractivity contribution >= 4 is 54.1 Å². The topological polar surface area (TPSA) is 73.3 Å². The van der Waals surface area contributed by atoms with Crippen LogP contribution in [-0.4, -0.2) is 30.1 Å². The molecule has 6 nitrogen and oxygen atoms in total. The second kappa shape index (κ2) is 6.30. The van der Waals surface area contributed by atoms with E-state index in [4.69, 9.17) is 9.47 Å². The number of rotatable bonds is 4. The summed E-state index contributed by atoms with van der Waals surface area (Å²) >= 11 is 2.71. The zero-order valence-electron chi connectivity index (χ0n) is 13.4. The highest BCUT2D eigenvalue weighted by atomic mass is 32.1. The van der Waals surface area contributed by atoms with Crippen molar-refractivity contribution in [2.45, 2.75) is 0 Å². The quantitative estimate of drug-likeness (QED) is 0.583. The Morgan fingerprint density at radius 2 is 1.88 bits per heavy atom. The molecule has 0 saturated heterocycles. The molecule has 0 bridgehead atoms. The molecule has 0 spiro atoms. The molecule has 1 N–H and O–H groups in total. The predicted octanol–water partition coefficient (Wildman–Crippen LogP) is 4.18. The molecule has 0 aliphatic rings. The number of benzene rings is 2. The number of fused-ring (bicyclic) bond motifs is 2. The van der Waals surface area contributed by atoms with Crippen molar-refractivity contribution in [2.24, 2.45) is 0 Å². The molecule has 0 saturated carbocycles. The van der Waals surface area contributed by atoms with Gasteiger partial charge >= 0.3 is 0 Å². The second-order valence-electron chi connectivity index (χ2n) is 5.14. The molecule has 1 amide bonds. The largest absolute Gasteiger partial charge is 0.497 e. The lowest BCUT2D eigenvalue weighted by atomic mass is 10.3. The van der Waals surface area contributed by atoms with Gasteiger partial charge in [-0.2, -0.15) is 0 Å².